The molecule has 0 aromatic rings. The standard InChI is InChI=1S/C7H13NO2.ClH/c1-9-6-2-7(8-3-6)4-10-5-7;/h6,8H,2-5H2,1H3;1H. The van der Waals surface area contributed by atoms with Crippen molar-refractivity contribution in [1.29, 1.82) is 0 Å². The van der Waals surface area contributed by atoms with Gasteiger partial charge in [-0.25, -0.2) is 0 Å². The van der Waals surface area contributed by atoms with E-state index in [4.69, 9.17) is 9.47 Å². The van der Waals surface area contributed by atoms with Crippen molar-refractivity contribution in [3.63, 3.8) is 0 Å². The lowest BCUT2D eigenvalue weighted by Gasteiger charge is -2.37. The van der Waals surface area contributed by atoms with Gasteiger partial charge >= 0.3 is 0 Å². The van der Waals surface area contributed by atoms with Gasteiger partial charge in [0.25, 0.3) is 0 Å². The van der Waals surface area contributed by atoms with E-state index in [9.17, 15) is 0 Å². The summed E-state index contributed by atoms with van der Waals surface area (Å²) in [6.45, 7) is 2.72. The van der Waals surface area contributed by atoms with Crippen molar-refractivity contribution in [1.82, 2.24) is 5.32 Å². The zero-order chi connectivity index (χ0) is 7.03. The average Bonchev–Trinajstić information content (AvgIpc) is 2.29. The van der Waals surface area contributed by atoms with Crippen molar-refractivity contribution in [3.05, 3.63) is 0 Å². The summed E-state index contributed by atoms with van der Waals surface area (Å²) in [5.74, 6) is 0. The Balaban J connectivity index is 0.000000605. The number of nitrogens with one attached hydrogen (secondary N) is 1. The maximum atomic E-state index is 5.22. The molecule has 4 heteroatoms. The third kappa shape index (κ3) is 1.51. The highest BCUT2D eigenvalue weighted by Crippen LogP contribution is 2.28. The maximum Gasteiger partial charge on any atom is 0.0715 e. The quantitative estimate of drug-likeness (QED) is 0.623. The van der Waals surface area contributed by atoms with E-state index in [1.54, 1.807) is 7.11 Å². The second-order valence-corrected chi connectivity index (χ2v) is 3.22. The van der Waals surface area contributed by atoms with Crippen LogP contribution < -0.4 is 5.32 Å². The van der Waals surface area contributed by atoms with Gasteiger partial charge in [0.15, 0.2) is 0 Å². The molecule has 1 N–H and O–H groups in total. The molecule has 3 nitrogen and oxygen atoms in total. The predicted molar refractivity (Wildman–Crippen MR) is 44.2 cm³/mol. The largest absolute Gasteiger partial charge is 0.380 e. The number of methoxy groups -OCH3 is 1. The molecule has 0 saturated carbocycles. The molecule has 1 atom stereocenters. The van der Waals surface area contributed by atoms with Crippen LogP contribution in [-0.4, -0.2) is 38.5 Å². The van der Waals surface area contributed by atoms with Gasteiger partial charge in [0, 0.05) is 13.7 Å². The molecule has 0 aromatic carbocycles. The molecule has 0 aliphatic carbocycles. The molecule has 2 heterocycles. The van der Waals surface area contributed by atoms with Crippen molar-refractivity contribution in [2.75, 3.05) is 26.9 Å². The number of hydrogen-bond donors (Lipinski definition) is 1. The molecular weight excluding hydrogens is 166 g/mol. The first kappa shape index (κ1) is 9.26. The van der Waals surface area contributed by atoms with E-state index < -0.39 is 0 Å². The zero-order valence-corrected chi connectivity index (χ0v) is 7.45. The Labute approximate surface area is 72.8 Å². The molecule has 0 aromatic heterocycles. The van der Waals surface area contributed by atoms with Gasteiger partial charge in [-0.15, -0.1) is 12.4 Å². The van der Waals surface area contributed by atoms with Gasteiger partial charge in [-0.05, 0) is 6.42 Å². The van der Waals surface area contributed by atoms with Crippen molar-refractivity contribution in [3.8, 4) is 0 Å². The van der Waals surface area contributed by atoms with Gasteiger partial charge in [0.1, 0.15) is 0 Å². The molecular formula is C7H14ClNO2. The Morgan fingerprint density at radius 2 is 2.27 bits per heavy atom. The zero-order valence-electron chi connectivity index (χ0n) is 6.63. The van der Waals surface area contributed by atoms with E-state index in [0.29, 0.717) is 11.6 Å². The minimum atomic E-state index is 0. The fourth-order valence-corrected chi connectivity index (χ4v) is 1.65. The summed E-state index contributed by atoms with van der Waals surface area (Å²) >= 11 is 0. The van der Waals surface area contributed by atoms with E-state index >= 15 is 0 Å². The minimum Gasteiger partial charge on any atom is -0.380 e. The van der Waals surface area contributed by atoms with Gasteiger partial charge in [0.05, 0.1) is 24.9 Å². The SMILES string of the molecule is COC1CNC2(COC2)C1.Cl. The van der Waals surface area contributed by atoms with Gasteiger partial charge in [-0.3, -0.25) is 0 Å². The van der Waals surface area contributed by atoms with Crippen LogP contribution in [-0.2, 0) is 9.47 Å². The van der Waals surface area contributed by atoms with Gasteiger partial charge in [-0.1, -0.05) is 0 Å². The van der Waals surface area contributed by atoms with Crippen LogP contribution in [0.15, 0.2) is 0 Å². The molecule has 2 rings (SSSR count). The van der Waals surface area contributed by atoms with E-state index in [0.717, 1.165) is 26.2 Å². The first-order valence-electron chi connectivity index (χ1n) is 3.70. The van der Waals surface area contributed by atoms with Crippen molar-refractivity contribution in [2.45, 2.75) is 18.1 Å². The van der Waals surface area contributed by atoms with Crippen LogP contribution in [0, 0.1) is 0 Å². The molecule has 1 unspecified atom stereocenters. The molecule has 66 valence electrons. The lowest BCUT2D eigenvalue weighted by Crippen LogP contribution is -2.56. The Morgan fingerprint density at radius 1 is 1.55 bits per heavy atom. The number of hydrogen-bond acceptors (Lipinski definition) is 3. The summed E-state index contributed by atoms with van der Waals surface area (Å²) in [5.41, 5.74) is 0.292. The van der Waals surface area contributed by atoms with Crippen LogP contribution in [0.1, 0.15) is 6.42 Å². The van der Waals surface area contributed by atoms with E-state index in [-0.39, 0.29) is 12.4 Å². The van der Waals surface area contributed by atoms with Crippen LogP contribution in [0.5, 0.6) is 0 Å². The monoisotopic (exact) mass is 179 g/mol. The molecule has 2 saturated heterocycles. The molecule has 0 amide bonds. The van der Waals surface area contributed by atoms with Crippen LogP contribution in [0.2, 0.25) is 0 Å². The summed E-state index contributed by atoms with van der Waals surface area (Å²) in [6, 6.07) is 0. The second kappa shape index (κ2) is 3.27. The van der Waals surface area contributed by atoms with Crippen molar-refractivity contribution >= 4 is 12.4 Å². The Morgan fingerprint density at radius 3 is 2.55 bits per heavy atom. The van der Waals surface area contributed by atoms with Crippen LogP contribution in [0.3, 0.4) is 0 Å². The summed E-state index contributed by atoms with van der Waals surface area (Å²) in [7, 11) is 1.77. The molecule has 0 bridgehead atoms. The Bertz CT molecular complexity index is 138. The van der Waals surface area contributed by atoms with Crippen LogP contribution >= 0.6 is 12.4 Å². The van der Waals surface area contributed by atoms with E-state index in [2.05, 4.69) is 5.32 Å². The lowest BCUT2D eigenvalue weighted by atomic mass is 9.95. The Kier molecular flexibility index (Phi) is 2.75. The molecule has 11 heavy (non-hydrogen) atoms. The lowest BCUT2D eigenvalue weighted by molar-refractivity contribution is -0.0696. The van der Waals surface area contributed by atoms with Gasteiger partial charge in [-0.2, -0.15) is 0 Å². The fourth-order valence-electron chi connectivity index (χ4n) is 1.65. The van der Waals surface area contributed by atoms with E-state index in [1.807, 2.05) is 0 Å². The summed E-state index contributed by atoms with van der Waals surface area (Å²) in [6.07, 6.45) is 1.52. The topological polar surface area (TPSA) is 30.5 Å². The molecule has 1 spiro atoms. The number of halogens is 1. The first-order valence-corrected chi connectivity index (χ1v) is 3.70. The summed E-state index contributed by atoms with van der Waals surface area (Å²) in [5, 5.41) is 3.42. The predicted octanol–water partition coefficient (Wildman–Crippen LogP) is 0.186. The summed E-state index contributed by atoms with van der Waals surface area (Å²) < 4.78 is 10.4. The van der Waals surface area contributed by atoms with Crippen molar-refractivity contribution < 1.29 is 9.47 Å². The van der Waals surface area contributed by atoms with E-state index in [1.165, 1.54) is 0 Å². The molecule has 0 radical (unpaired) electrons. The third-order valence-corrected chi connectivity index (χ3v) is 2.41. The highest BCUT2D eigenvalue weighted by atomic mass is 35.5. The average molecular weight is 180 g/mol. The smallest absolute Gasteiger partial charge is 0.0715 e. The highest BCUT2D eigenvalue weighted by molar-refractivity contribution is 5.85. The van der Waals surface area contributed by atoms with Crippen LogP contribution in [0.25, 0.3) is 0 Å². The molecule has 2 fully saturated rings. The second-order valence-electron chi connectivity index (χ2n) is 3.22. The fraction of sp³-hybridized carbons (Fsp3) is 1.00. The van der Waals surface area contributed by atoms with Crippen LogP contribution in [0.4, 0.5) is 0 Å². The molecule has 2 aliphatic rings. The summed E-state index contributed by atoms with van der Waals surface area (Å²) in [4.78, 5) is 0. The maximum absolute atomic E-state index is 5.22. The van der Waals surface area contributed by atoms with Gasteiger partial charge < -0.3 is 14.8 Å². The minimum absolute atomic E-state index is 0. The normalized spacial score (nSPS) is 33.0. The third-order valence-electron chi connectivity index (χ3n) is 2.41. The number of ether oxygens (including phenoxy) is 2. The van der Waals surface area contributed by atoms with Gasteiger partial charge in [0.2, 0.25) is 0 Å². The number of rotatable bonds is 1. The first-order chi connectivity index (χ1) is 4.85. The van der Waals surface area contributed by atoms with Crippen molar-refractivity contribution in [2.24, 2.45) is 0 Å². The molecule has 2 aliphatic heterocycles. The Hall–Kier alpha value is 0.170. The highest BCUT2D eigenvalue weighted by Gasteiger charge is 2.44.